The second kappa shape index (κ2) is 6.74. The van der Waals surface area contributed by atoms with Gasteiger partial charge in [-0.1, -0.05) is 23.2 Å². The van der Waals surface area contributed by atoms with E-state index >= 15 is 0 Å². The van der Waals surface area contributed by atoms with Crippen molar-refractivity contribution in [1.29, 1.82) is 0 Å². The number of methoxy groups -OCH3 is 2. The van der Waals surface area contributed by atoms with Gasteiger partial charge in [0.05, 0.1) is 19.2 Å². The number of hydrogen-bond acceptors (Lipinski definition) is 5. The van der Waals surface area contributed by atoms with Crippen molar-refractivity contribution in [3.63, 3.8) is 0 Å². The molecule has 1 heterocycles. The molecule has 21 heavy (non-hydrogen) atoms. The summed E-state index contributed by atoms with van der Waals surface area (Å²) < 4.78 is 16.1. The van der Waals surface area contributed by atoms with Gasteiger partial charge >= 0.3 is 0 Å². The Balaban J connectivity index is 2.37. The number of halogens is 2. The van der Waals surface area contributed by atoms with Gasteiger partial charge in [-0.2, -0.15) is 4.98 Å². The molecule has 0 fully saturated rings. The highest BCUT2D eigenvalue weighted by atomic mass is 35.5. The molecule has 1 N–H and O–H groups in total. The molecule has 0 aliphatic carbocycles. The van der Waals surface area contributed by atoms with Crippen LogP contribution in [0.2, 0.25) is 10.0 Å². The fraction of sp³-hybridized carbons (Fsp3) is 0.214. The zero-order valence-corrected chi connectivity index (χ0v) is 13.2. The standard InChI is InChI=1S/C14H14Cl2N2O3/c1-17-13-11(15)7-12(16)14(18-13)21-10-5-8(19-2)4-9(6-10)20-3/h4-7H,1-3H3,(H,17,18). The highest BCUT2D eigenvalue weighted by Crippen LogP contribution is 2.35. The molecule has 0 radical (unpaired) electrons. The fourth-order valence-corrected chi connectivity index (χ4v) is 2.14. The molecule has 0 unspecified atom stereocenters. The molecule has 7 heteroatoms. The summed E-state index contributed by atoms with van der Waals surface area (Å²) in [6.45, 7) is 0. The van der Waals surface area contributed by atoms with Gasteiger partial charge in [-0.15, -0.1) is 0 Å². The van der Waals surface area contributed by atoms with Crippen LogP contribution in [0.5, 0.6) is 23.1 Å². The van der Waals surface area contributed by atoms with Gasteiger partial charge in [-0.3, -0.25) is 0 Å². The predicted octanol–water partition coefficient (Wildman–Crippen LogP) is 4.24. The normalized spacial score (nSPS) is 10.1. The van der Waals surface area contributed by atoms with E-state index < -0.39 is 0 Å². The van der Waals surface area contributed by atoms with Gasteiger partial charge in [0.15, 0.2) is 0 Å². The van der Waals surface area contributed by atoms with Gasteiger partial charge in [-0.05, 0) is 6.07 Å². The van der Waals surface area contributed by atoms with Crippen LogP contribution in [-0.2, 0) is 0 Å². The van der Waals surface area contributed by atoms with E-state index in [-0.39, 0.29) is 5.88 Å². The molecule has 0 bridgehead atoms. The Labute approximate surface area is 132 Å². The summed E-state index contributed by atoms with van der Waals surface area (Å²) >= 11 is 12.1. The monoisotopic (exact) mass is 328 g/mol. The van der Waals surface area contributed by atoms with Crippen LogP contribution in [0.15, 0.2) is 24.3 Å². The quantitative estimate of drug-likeness (QED) is 0.889. The first-order valence-electron chi connectivity index (χ1n) is 6.02. The second-order valence-corrected chi connectivity index (χ2v) is 4.82. The van der Waals surface area contributed by atoms with Crippen molar-refractivity contribution in [3.8, 4) is 23.1 Å². The zero-order chi connectivity index (χ0) is 15.4. The van der Waals surface area contributed by atoms with Gasteiger partial charge in [0, 0.05) is 25.2 Å². The lowest BCUT2D eigenvalue weighted by molar-refractivity contribution is 0.385. The van der Waals surface area contributed by atoms with Gasteiger partial charge in [0.1, 0.15) is 28.1 Å². The van der Waals surface area contributed by atoms with Crippen molar-refractivity contribution >= 4 is 29.0 Å². The summed E-state index contributed by atoms with van der Waals surface area (Å²) in [6.07, 6.45) is 0. The van der Waals surface area contributed by atoms with Crippen LogP contribution in [0.25, 0.3) is 0 Å². The van der Waals surface area contributed by atoms with E-state index in [0.717, 1.165) is 0 Å². The Morgan fingerprint density at radius 2 is 1.48 bits per heavy atom. The lowest BCUT2D eigenvalue weighted by atomic mass is 10.3. The van der Waals surface area contributed by atoms with Crippen molar-refractivity contribution < 1.29 is 14.2 Å². The summed E-state index contributed by atoms with van der Waals surface area (Å²) in [5.41, 5.74) is 0. The average Bonchev–Trinajstić information content (AvgIpc) is 2.49. The molecule has 112 valence electrons. The van der Waals surface area contributed by atoms with Crippen LogP contribution < -0.4 is 19.5 Å². The first kappa shape index (κ1) is 15.5. The molecule has 2 aromatic rings. The Bertz CT molecular complexity index is 628. The van der Waals surface area contributed by atoms with E-state index in [1.807, 2.05) is 0 Å². The number of hydrogen-bond donors (Lipinski definition) is 1. The molecular weight excluding hydrogens is 315 g/mol. The smallest absolute Gasteiger partial charge is 0.240 e. The fourth-order valence-electron chi connectivity index (χ4n) is 1.65. The van der Waals surface area contributed by atoms with Crippen molar-refractivity contribution in [3.05, 3.63) is 34.3 Å². The summed E-state index contributed by atoms with van der Waals surface area (Å²) in [5, 5.41) is 3.58. The maximum absolute atomic E-state index is 6.09. The van der Waals surface area contributed by atoms with Gasteiger partial charge in [0.2, 0.25) is 5.88 Å². The van der Waals surface area contributed by atoms with Gasteiger partial charge in [-0.25, -0.2) is 0 Å². The number of nitrogens with one attached hydrogen (secondary N) is 1. The number of pyridine rings is 1. The van der Waals surface area contributed by atoms with Crippen LogP contribution in [0.4, 0.5) is 5.82 Å². The maximum Gasteiger partial charge on any atom is 0.240 e. The van der Waals surface area contributed by atoms with Crippen molar-refractivity contribution in [2.45, 2.75) is 0 Å². The molecule has 0 aliphatic heterocycles. The molecule has 5 nitrogen and oxygen atoms in total. The SMILES string of the molecule is CNc1nc(Oc2cc(OC)cc(OC)c2)c(Cl)cc1Cl. The third-order valence-corrected chi connectivity index (χ3v) is 3.23. The third-order valence-electron chi connectivity index (χ3n) is 2.67. The van der Waals surface area contributed by atoms with E-state index in [0.29, 0.717) is 33.1 Å². The summed E-state index contributed by atoms with van der Waals surface area (Å²) in [4.78, 5) is 4.22. The molecule has 0 atom stereocenters. The van der Waals surface area contributed by atoms with Crippen molar-refractivity contribution in [1.82, 2.24) is 4.98 Å². The minimum absolute atomic E-state index is 0.237. The van der Waals surface area contributed by atoms with Crippen molar-refractivity contribution in [2.75, 3.05) is 26.6 Å². The van der Waals surface area contributed by atoms with Crippen LogP contribution >= 0.6 is 23.2 Å². The van der Waals surface area contributed by atoms with Gasteiger partial charge < -0.3 is 19.5 Å². The summed E-state index contributed by atoms with van der Waals surface area (Å²) in [6, 6.07) is 6.71. The second-order valence-electron chi connectivity index (χ2n) is 4.01. The number of benzene rings is 1. The summed E-state index contributed by atoms with van der Waals surface area (Å²) in [7, 11) is 4.83. The molecule has 0 aliphatic rings. The molecule has 0 amide bonds. The molecule has 1 aromatic heterocycles. The number of nitrogens with zero attached hydrogens (tertiary/aromatic N) is 1. The van der Waals surface area contributed by atoms with Crippen LogP contribution in [0.1, 0.15) is 0 Å². The molecule has 2 rings (SSSR count). The lowest BCUT2D eigenvalue weighted by Gasteiger charge is -2.12. The van der Waals surface area contributed by atoms with E-state index in [2.05, 4.69) is 10.3 Å². The summed E-state index contributed by atoms with van der Waals surface area (Å²) in [5.74, 6) is 2.41. The first-order valence-corrected chi connectivity index (χ1v) is 6.77. The molecule has 0 spiro atoms. The van der Waals surface area contributed by atoms with Crippen LogP contribution in [0.3, 0.4) is 0 Å². The largest absolute Gasteiger partial charge is 0.496 e. The molecular formula is C14H14Cl2N2O3. The Kier molecular flexibility index (Phi) is 4.98. The third kappa shape index (κ3) is 3.62. The van der Waals surface area contributed by atoms with Gasteiger partial charge in [0.25, 0.3) is 0 Å². The zero-order valence-electron chi connectivity index (χ0n) is 11.7. The van der Waals surface area contributed by atoms with Crippen molar-refractivity contribution in [2.24, 2.45) is 0 Å². The first-order chi connectivity index (χ1) is 10.1. The Morgan fingerprint density at radius 3 is 2.00 bits per heavy atom. The van der Waals surface area contributed by atoms with Crippen LogP contribution in [0, 0.1) is 0 Å². The lowest BCUT2D eigenvalue weighted by Crippen LogP contribution is -1.97. The highest BCUT2D eigenvalue weighted by Gasteiger charge is 2.12. The average molecular weight is 329 g/mol. The Hall–Kier alpha value is -1.85. The minimum Gasteiger partial charge on any atom is -0.496 e. The highest BCUT2D eigenvalue weighted by molar-refractivity contribution is 6.36. The Morgan fingerprint density at radius 1 is 0.905 bits per heavy atom. The molecule has 0 saturated carbocycles. The van der Waals surface area contributed by atoms with E-state index in [9.17, 15) is 0 Å². The number of ether oxygens (including phenoxy) is 3. The van der Waals surface area contributed by atoms with E-state index in [4.69, 9.17) is 37.4 Å². The number of anilines is 1. The maximum atomic E-state index is 6.09. The van der Waals surface area contributed by atoms with Crippen LogP contribution in [-0.4, -0.2) is 26.3 Å². The molecule has 1 aromatic carbocycles. The predicted molar refractivity (Wildman–Crippen MR) is 83.4 cm³/mol. The number of aromatic nitrogens is 1. The van der Waals surface area contributed by atoms with E-state index in [1.54, 1.807) is 45.5 Å². The topological polar surface area (TPSA) is 52.6 Å². The van der Waals surface area contributed by atoms with E-state index in [1.165, 1.54) is 0 Å². The minimum atomic E-state index is 0.237. The number of rotatable bonds is 5. The molecule has 0 saturated heterocycles.